The first-order chi connectivity index (χ1) is 10.1. The number of nitrogens with one attached hydrogen (secondary N) is 2. The second-order valence-corrected chi connectivity index (χ2v) is 5.08. The number of carbonyl (C=O) groups excluding carboxylic acids is 2. The summed E-state index contributed by atoms with van der Waals surface area (Å²) in [5.74, 6) is 0.627. The van der Waals surface area contributed by atoms with E-state index in [9.17, 15) is 9.59 Å². The van der Waals surface area contributed by atoms with Gasteiger partial charge in [0, 0.05) is 24.8 Å². The average Bonchev–Trinajstić information content (AvgIpc) is 3.00. The Morgan fingerprint density at radius 3 is 2.67 bits per heavy atom. The highest BCUT2D eigenvalue weighted by molar-refractivity contribution is 5.93. The van der Waals surface area contributed by atoms with Gasteiger partial charge in [-0.1, -0.05) is 6.07 Å². The molecule has 6 nitrogen and oxygen atoms in total. The molecule has 1 atom stereocenters. The molecule has 3 amide bonds. The van der Waals surface area contributed by atoms with Gasteiger partial charge in [0.15, 0.2) is 0 Å². The number of carbonyl (C=O) groups is 2. The Morgan fingerprint density at radius 1 is 1.29 bits per heavy atom. The number of benzene rings is 1. The van der Waals surface area contributed by atoms with Crippen LogP contribution < -0.4 is 15.4 Å². The first kappa shape index (κ1) is 15.2. The van der Waals surface area contributed by atoms with E-state index in [4.69, 9.17) is 4.74 Å². The lowest BCUT2D eigenvalue weighted by molar-refractivity contribution is -0.131. The summed E-state index contributed by atoms with van der Waals surface area (Å²) in [4.78, 5) is 25.8. The van der Waals surface area contributed by atoms with Gasteiger partial charge in [-0.2, -0.15) is 0 Å². The number of amides is 3. The first-order valence-corrected chi connectivity index (χ1v) is 7.10. The number of rotatable bonds is 4. The van der Waals surface area contributed by atoms with Crippen LogP contribution in [0.5, 0.6) is 5.75 Å². The molecule has 1 aromatic carbocycles. The van der Waals surface area contributed by atoms with E-state index in [2.05, 4.69) is 10.6 Å². The lowest BCUT2D eigenvalue weighted by atomic mass is 10.3. The number of nitrogens with zero attached hydrogens (tertiary/aromatic N) is 1. The van der Waals surface area contributed by atoms with E-state index < -0.39 is 12.1 Å². The van der Waals surface area contributed by atoms with Crippen LogP contribution in [0.1, 0.15) is 19.8 Å². The molecule has 0 saturated carbocycles. The summed E-state index contributed by atoms with van der Waals surface area (Å²) in [6.07, 6.45) is 2.07. The fourth-order valence-corrected chi connectivity index (χ4v) is 2.34. The van der Waals surface area contributed by atoms with Crippen molar-refractivity contribution < 1.29 is 14.3 Å². The van der Waals surface area contributed by atoms with Crippen molar-refractivity contribution in [2.45, 2.75) is 25.8 Å². The Hall–Kier alpha value is -2.24. The third-order valence-corrected chi connectivity index (χ3v) is 3.46. The largest absolute Gasteiger partial charge is 0.497 e. The topological polar surface area (TPSA) is 70.7 Å². The molecule has 1 saturated heterocycles. The van der Waals surface area contributed by atoms with Crippen molar-refractivity contribution in [3.63, 3.8) is 0 Å². The van der Waals surface area contributed by atoms with E-state index in [-0.39, 0.29) is 5.91 Å². The van der Waals surface area contributed by atoms with Crippen LogP contribution in [-0.2, 0) is 4.79 Å². The Morgan fingerprint density at radius 2 is 2.00 bits per heavy atom. The van der Waals surface area contributed by atoms with Crippen LogP contribution in [0.4, 0.5) is 10.5 Å². The van der Waals surface area contributed by atoms with E-state index in [0.717, 1.165) is 25.9 Å². The number of anilines is 1. The zero-order valence-electron chi connectivity index (χ0n) is 12.4. The molecule has 114 valence electrons. The van der Waals surface area contributed by atoms with Gasteiger partial charge in [0.1, 0.15) is 11.8 Å². The highest BCUT2D eigenvalue weighted by Gasteiger charge is 2.24. The molecule has 0 unspecified atom stereocenters. The van der Waals surface area contributed by atoms with E-state index in [0.29, 0.717) is 11.4 Å². The summed E-state index contributed by atoms with van der Waals surface area (Å²) in [6, 6.07) is 6.12. The summed E-state index contributed by atoms with van der Waals surface area (Å²) in [5, 5.41) is 5.35. The molecule has 0 radical (unpaired) electrons. The van der Waals surface area contributed by atoms with Crippen LogP contribution in [0.25, 0.3) is 0 Å². The molecule has 0 aromatic heterocycles. The molecule has 1 heterocycles. The standard InChI is InChI=1S/C15H21N3O3/c1-11(14(19)18-8-3-4-9-18)16-15(20)17-12-6-5-7-13(10-12)21-2/h5-7,10-11H,3-4,8-9H2,1-2H3,(H2,16,17,20)/t11-/m1/s1. The number of hydrogen-bond donors (Lipinski definition) is 2. The van der Waals surface area contributed by atoms with Crippen molar-refractivity contribution in [2.24, 2.45) is 0 Å². The van der Waals surface area contributed by atoms with E-state index in [1.165, 1.54) is 0 Å². The number of methoxy groups -OCH3 is 1. The molecule has 2 rings (SSSR count). The van der Waals surface area contributed by atoms with Gasteiger partial charge >= 0.3 is 6.03 Å². The second kappa shape index (κ2) is 6.97. The number of ether oxygens (including phenoxy) is 1. The van der Waals surface area contributed by atoms with Crippen molar-refractivity contribution >= 4 is 17.6 Å². The van der Waals surface area contributed by atoms with Gasteiger partial charge in [-0.3, -0.25) is 4.79 Å². The maximum absolute atomic E-state index is 12.1. The van der Waals surface area contributed by atoms with E-state index >= 15 is 0 Å². The van der Waals surface area contributed by atoms with Gasteiger partial charge in [0.2, 0.25) is 5.91 Å². The Bertz CT molecular complexity index is 513. The van der Waals surface area contributed by atoms with Crippen LogP contribution in [0, 0.1) is 0 Å². The first-order valence-electron chi connectivity index (χ1n) is 7.10. The fourth-order valence-electron chi connectivity index (χ4n) is 2.34. The minimum Gasteiger partial charge on any atom is -0.497 e. The zero-order chi connectivity index (χ0) is 15.2. The van der Waals surface area contributed by atoms with Crippen molar-refractivity contribution in [1.29, 1.82) is 0 Å². The molecule has 1 aliphatic rings. The quantitative estimate of drug-likeness (QED) is 0.889. The maximum Gasteiger partial charge on any atom is 0.319 e. The molecule has 1 aliphatic heterocycles. The van der Waals surface area contributed by atoms with Crippen LogP contribution in [0.2, 0.25) is 0 Å². The van der Waals surface area contributed by atoms with Gasteiger partial charge in [0.25, 0.3) is 0 Å². The van der Waals surface area contributed by atoms with Gasteiger partial charge in [-0.25, -0.2) is 4.79 Å². The predicted molar refractivity (Wildman–Crippen MR) is 80.4 cm³/mol. The molecule has 1 fully saturated rings. The lowest BCUT2D eigenvalue weighted by Gasteiger charge is -2.21. The molecule has 0 bridgehead atoms. The monoisotopic (exact) mass is 291 g/mol. The van der Waals surface area contributed by atoms with E-state index in [1.54, 1.807) is 43.2 Å². The third kappa shape index (κ3) is 4.11. The van der Waals surface area contributed by atoms with Crippen LogP contribution in [0.15, 0.2) is 24.3 Å². The second-order valence-electron chi connectivity index (χ2n) is 5.08. The number of hydrogen-bond acceptors (Lipinski definition) is 3. The SMILES string of the molecule is COc1cccc(NC(=O)N[C@H](C)C(=O)N2CCCC2)c1. The molecular formula is C15H21N3O3. The fraction of sp³-hybridized carbons (Fsp3) is 0.467. The molecule has 0 spiro atoms. The summed E-state index contributed by atoms with van der Waals surface area (Å²) in [7, 11) is 1.57. The van der Waals surface area contributed by atoms with Crippen LogP contribution in [0.3, 0.4) is 0 Å². The summed E-state index contributed by atoms with van der Waals surface area (Å²) >= 11 is 0. The normalized spacial score (nSPS) is 15.4. The van der Waals surface area contributed by atoms with Crippen LogP contribution in [-0.4, -0.2) is 43.1 Å². The summed E-state index contributed by atoms with van der Waals surface area (Å²) in [5.41, 5.74) is 0.618. The van der Waals surface area contributed by atoms with Gasteiger partial charge in [-0.15, -0.1) is 0 Å². The lowest BCUT2D eigenvalue weighted by Crippen LogP contribution is -2.47. The third-order valence-electron chi connectivity index (χ3n) is 3.46. The highest BCUT2D eigenvalue weighted by Crippen LogP contribution is 2.16. The Kier molecular flexibility index (Phi) is 5.03. The molecule has 0 aliphatic carbocycles. The summed E-state index contributed by atoms with van der Waals surface area (Å²) < 4.78 is 5.09. The maximum atomic E-state index is 12.1. The molecule has 1 aromatic rings. The number of likely N-dealkylation sites (tertiary alicyclic amines) is 1. The minimum atomic E-state index is -0.534. The molecule has 21 heavy (non-hydrogen) atoms. The molecule has 2 N–H and O–H groups in total. The van der Waals surface area contributed by atoms with Gasteiger partial charge < -0.3 is 20.3 Å². The average molecular weight is 291 g/mol. The van der Waals surface area contributed by atoms with Crippen molar-refractivity contribution in [2.75, 3.05) is 25.5 Å². The number of urea groups is 1. The van der Waals surface area contributed by atoms with Crippen molar-refractivity contribution in [3.05, 3.63) is 24.3 Å². The molecule has 6 heteroatoms. The summed E-state index contributed by atoms with van der Waals surface area (Å²) in [6.45, 7) is 3.26. The Labute approximate surface area is 124 Å². The van der Waals surface area contributed by atoms with Gasteiger partial charge in [0.05, 0.1) is 7.11 Å². The zero-order valence-corrected chi connectivity index (χ0v) is 12.4. The van der Waals surface area contributed by atoms with Gasteiger partial charge in [-0.05, 0) is 31.9 Å². The predicted octanol–water partition coefficient (Wildman–Crippen LogP) is 1.83. The smallest absolute Gasteiger partial charge is 0.319 e. The van der Waals surface area contributed by atoms with E-state index in [1.807, 2.05) is 0 Å². The minimum absolute atomic E-state index is 0.0340. The van der Waals surface area contributed by atoms with Crippen LogP contribution >= 0.6 is 0 Å². The van der Waals surface area contributed by atoms with Crippen molar-refractivity contribution in [3.8, 4) is 5.75 Å². The Balaban J connectivity index is 1.87. The highest BCUT2D eigenvalue weighted by atomic mass is 16.5. The van der Waals surface area contributed by atoms with Crippen molar-refractivity contribution in [1.82, 2.24) is 10.2 Å². The molecular weight excluding hydrogens is 270 g/mol.